The van der Waals surface area contributed by atoms with E-state index in [1.54, 1.807) is 0 Å². The molecule has 0 amide bonds. The van der Waals surface area contributed by atoms with Crippen molar-refractivity contribution in [1.82, 2.24) is 14.9 Å². The fourth-order valence-electron chi connectivity index (χ4n) is 1.67. The molecule has 0 bridgehead atoms. The van der Waals surface area contributed by atoms with Gasteiger partial charge in [-0.15, -0.1) is 0 Å². The number of nitrogens with one attached hydrogen (secondary N) is 1. The summed E-state index contributed by atoms with van der Waals surface area (Å²) in [6.45, 7) is 4.86. The van der Waals surface area contributed by atoms with E-state index >= 15 is 0 Å². The van der Waals surface area contributed by atoms with Gasteiger partial charge in [-0.2, -0.15) is 0 Å². The van der Waals surface area contributed by atoms with Gasteiger partial charge in [0.2, 0.25) is 0 Å². The van der Waals surface area contributed by atoms with Gasteiger partial charge in [0, 0.05) is 19.3 Å². The quantitative estimate of drug-likeness (QED) is 0.827. The predicted octanol–water partition coefficient (Wildman–Crippen LogP) is 2.04. The number of benzene rings is 1. The van der Waals surface area contributed by atoms with Crippen LogP contribution in [0.3, 0.4) is 0 Å². The highest BCUT2D eigenvalue weighted by molar-refractivity contribution is 5.16. The molecule has 0 aliphatic carbocycles. The molecule has 2 aromatic rings. The lowest BCUT2D eigenvalue weighted by Crippen LogP contribution is -2.15. The highest BCUT2D eigenvalue weighted by atomic mass is 15.1. The van der Waals surface area contributed by atoms with E-state index in [0.29, 0.717) is 0 Å². The Balaban J connectivity index is 2.07. The minimum atomic E-state index is 0.878. The van der Waals surface area contributed by atoms with Gasteiger partial charge in [0.05, 0.1) is 12.0 Å². The first-order valence-corrected chi connectivity index (χ1v) is 5.64. The molecule has 1 N–H and O–H groups in total. The van der Waals surface area contributed by atoms with Gasteiger partial charge in [-0.3, -0.25) is 0 Å². The molecule has 0 saturated carbocycles. The maximum absolute atomic E-state index is 4.19. The van der Waals surface area contributed by atoms with E-state index in [-0.39, 0.29) is 0 Å². The summed E-state index contributed by atoms with van der Waals surface area (Å²) in [7, 11) is 0. The van der Waals surface area contributed by atoms with Crippen molar-refractivity contribution < 1.29 is 0 Å². The Morgan fingerprint density at radius 2 is 2.06 bits per heavy atom. The zero-order valence-corrected chi connectivity index (χ0v) is 9.56. The molecule has 1 aromatic heterocycles. The van der Waals surface area contributed by atoms with E-state index in [2.05, 4.69) is 46.1 Å². The molecule has 0 fully saturated rings. The smallest absolute Gasteiger partial charge is 0.0951 e. The van der Waals surface area contributed by atoms with Gasteiger partial charge >= 0.3 is 0 Å². The van der Waals surface area contributed by atoms with Crippen LogP contribution in [0, 0.1) is 0 Å². The molecule has 3 heteroatoms. The summed E-state index contributed by atoms with van der Waals surface area (Å²) in [6, 6.07) is 10.4. The normalized spacial score (nSPS) is 10.6. The number of nitrogens with zero attached hydrogens (tertiary/aromatic N) is 2. The summed E-state index contributed by atoms with van der Waals surface area (Å²) in [5, 5.41) is 3.32. The van der Waals surface area contributed by atoms with Gasteiger partial charge in [0.25, 0.3) is 0 Å². The minimum absolute atomic E-state index is 0.878. The predicted molar refractivity (Wildman–Crippen MR) is 65.2 cm³/mol. The lowest BCUT2D eigenvalue weighted by Gasteiger charge is -2.08. The number of rotatable bonds is 5. The first-order chi connectivity index (χ1) is 7.90. The van der Waals surface area contributed by atoms with Crippen LogP contribution in [-0.4, -0.2) is 16.1 Å². The number of hydrogen-bond acceptors (Lipinski definition) is 2. The van der Waals surface area contributed by atoms with Crippen molar-refractivity contribution in [2.75, 3.05) is 6.54 Å². The molecule has 0 atom stereocenters. The Morgan fingerprint density at radius 1 is 1.25 bits per heavy atom. The number of aromatic nitrogens is 2. The first-order valence-electron chi connectivity index (χ1n) is 5.64. The van der Waals surface area contributed by atoms with Crippen molar-refractivity contribution in [3.63, 3.8) is 0 Å². The van der Waals surface area contributed by atoms with Crippen LogP contribution in [0.2, 0.25) is 0 Å². The second-order valence-corrected chi connectivity index (χ2v) is 3.78. The molecule has 16 heavy (non-hydrogen) atoms. The molecule has 0 aliphatic heterocycles. The van der Waals surface area contributed by atoms with Crippen molar-refractivity contribution >= 4 is 0 Å². The van der Waals surface area contributed by atoms with Gasteiger partial charge in [-0.1, -0.05) is 37.3 Å². The molecule has 0 radical (unpaired) electrons. The topological polar surface area (TPSA) is 29.9 Å². The van der Waals surface area contributed by atoms with E-state index in [0.717, 1.165) is 19.6 Å². The van der Waals surface area contributed by atoms with E-state index in [4.69, 9.17) is 0 Å². The monoisotopic (exact) mass is 215 g/mol. The molecule has 0 saturated heterocycles. The zero-order valence-electron chi connectivity index (χ0n) is 9.56. The molecule has 2 rings (SSSR count). The Hall–Kier alpha value is -1.61. The third-order valence-corrected chi connectivity index (χ3v) is 2.55. The van der Waals surface area contributed by atoms with Crippen molar-refractivity contribution in [3.05, 3.63) is 54.1 Å². The average molecular weight is 215 g/mol. The average Bonchev–Trinajstić information content (AvgIpc) is 2.75. The first kappa shape index (κ1) is 10.9. The number of imidazole rings is 1. The maximum atomic E-state index is 4.19. The summed E-state index contributed by atoms with van der Waals surface area (Å²) in [4.78, 5) is 4.19. The third-order valence-electron chi connectivity index (χ3n) is 2.55. The van der Waals surface area contributed by atoms with Gasteiger partial charge < -0.3 is 9.88 Å². The molecule has 0 unspecified atom stereocenters. The Bertz CT molecular complexity index is 420. The zero-order chi connectivity index (χ0) is 11.2. The fourth-order valence-corrected chi connectivity index (χ4v) is 1.67. The second kappa shape index (κ2) is 5.47. The van der Waals surface area contributed by atoms with Crippen LogP contribution in [0.15, 0.2) is 42.9 Å². The van der Waals surface area contributed by atoms with Crippen LogP contribution in [0.1, 0.15) is 18.2 Å². The van der Waals surface area contributed by atoms with Gasteiger partial charge in [0.1, 0.15) is 0 Å². The summed E-state index contributed by atoms with van der Waals surface area (Å²) in [5.74, 6) is 0. The third kappa shape index (κ3) is 2.70. The van der Waals surface area contributed by atoms with Crippen LogP contribution in [0.5, 0.6) is 0 Å². The van der Waals surface area contributed by atoms with Gasteiger partial charge in [-0.05, 0) is 12.1 Å². The lowest BCUT2D eigenvalue weighted by atomic mass is 10.2. The molecule has 84 valence electrons. The summed E-state index contributed by atoms with van der Waals surface area (Å²) < 4.78 is 2.18. The van der Waals surface area contributed by atoms with Gasteiger partial charge in [0.15, 0.2) is 0 Å². The van der Waals surface area contributed by atoms with Crippen LogP contribution >= 0.6 is 0 Å². The van der Waals surface area contributed by atoms with Crippen LogP contribution in [0.25, 0.3) is 0 Å². The van der Waals surface area contributed by atoms with E-state index in [1.807, 2.05) is 18.6 Å². The maximum Gasteiger partial charge on any atom is 0.0951 e. The van der Waals surface area contributed by atoms with Gasteiger partial charge in [-0.25, -0.2) is 4.98 Å². The Morgan fingerprint density at radius 3 is 2.81 bits per heavy atom. The van der Waals surface area contributed by atoms with E-state index < -0.39 is 0 Å². The highest BCUT2D eigenvalue weighted by Crippen LogP contribution is 2.05. The molecule has 3 nitrogen and oxygen atoms in total. The van der Waals surface area contributed by atoms with Crippen molar-refractivity contribution in [3.8, 4) is 0 Å². The Kier molecular flexibility index (Phi) is 3.72. The summed E-state index contributed by atoms with van der Waals surface area (Å²) in [6.07, 6.45) is 3.81. The fraction of sp³-hybridized carbons (Fsp3) is 0.308. The van der Waals surface area contributed by atoms with Crippen molar-refractivity contribution in [2.45, 2.75) is 20.0 Å². The van der Waals surface area contributed by atoms with Crippen LogP contribution < -0.4 is 5.32 Å². The van der Waals surface area contributed by atoms with Crippen LogP contribution in [-0.2, 0) is 13.1 Å². The molecule has 0 aliphatic rings. The molecular formula is C13H17N3. The van der Waals surface area contributed by atoms with E-state index in [9.17, 15) is 0 Å². The Labute approximate surface area is 96.1 Å². The van der Waals surface area contributed by atoms with E-state index in [1.165, 1.54) is 11.3 Å². The largest absolute Gasteiger partial charge is 0.329 e. The van der Waals surface area contributed by atoms with Crippen molar-refractivity contribution in [1.29, 1.82) is 0 Å². The standard InChI is InChI=1S/C13H17N3/c1-2-14-8-13-9-15-11-16(13)10-12-6-4-3-5-7-12/h3-7,9,11,14H,2,8,10H2,1H3. The second-order valence-electron chi connectivity index (χ2n) is 3.78. The summed E-state index contributed by atoms with van der Waals surface area (Å²) >= 11 is 0. The molecule has 1 heterocycles. The summed E-state index contributed by atoms with van der Waals surface area (Å²) in [5.41, 5.74) is 2.53. The lowest BCUT2D eigenvalue weighted by molar-refractivity contribution is 0.657. The SMILES string of the molecule is CCNCc1cncn1Cc1ccccc1. The number of hydrogen-bond donors (Lipinski definition) is 1. The molecule has 0 spiro atoms. The van der Waals surface area contributed by atoms with Crippen molar-refractivity contribution in [2.24, 2.45) is 0 Å². The molecular weight excluding hydrogens is 198 g/mol. The highest BCUT2D eigenvalue weighted by Gasteiger charge is 2.01. The van der Waals surface area contributed by atoms with Crippen LogP contribution in [0.4, 0.5) is 0 Å². The molecule has 1 aromatic carbocycles. The minimum Gasteiger partial charge on any atom is -0.329 e.